The average Bonchev–Trinajstić information content (AvgIpc) is 2.33. The zero-order valence-electron chi connectivity index (χ0n) is 9.35. The molecule has 0 spiro atoms. The molecule has 4 heteroatoms. The largest absolute Gasteiger partial charge is 0.506 e. The van der Waals surface area contributed by atoms with Gasteiger partial charge in [0, 0.05) is 17.9 Å². The van der Waals surface area contributed by atoms with Crippen LogP contribution in [0.3, 0.4) is 0 Å². The zero-order chi connectivity index (χ0) is 12.3. The number of nitrogens with two attached hydrogens (primary N) is 2. The van der Waals surface area contributed by atoms with Gasteiger partial charge in [0.1, 0.15) is 5.75 Å². The zero-order valence-corrected chi connectivity index (χ0v) is 9.35. The van der Waals surface area contributed by atoms with Gasteiger partial charge in [0.15, 0.2) is 0 Å². The molecule has 0 aromatic heterocycles. The molecule has 0 fully saturated rings. The molecule has 0 saturated heterocycles. The fourth-order valence-electron chi connectivity index (χ4n) is 1.50. The van der Waals surface area contributed by atoms with E-state index in [0.717, 1.165) is 16.9 Å². The quantitative estimate of drug-likeness (QED) is 0.480. The molecule has 0 aliphatic rings. The third kappa shape index (κ3) is 2.81. The lowest BCUT2D eigenvalue weighted by Gasteiger charge is -2.08. The van der Waals surface area contributed by atoms with Crippen molar-refractivity contribution in [3.05, 3.63) is 48.0 Å². The van der Waals surface area contributed by atoms with E-state index < -0.39 is 0 Å². The lowest BCUT2D eigenvalue weighted by molar-refractivity contribution is 0.477. The van der Waals surface area contributed by atoms with Crippen molar-refractivity contribution in [3.63, 3.8) is 0 Å². The number of nitrogens with one attached hydrogen (secondary N) is 1. The summed E-state index contributed by atoms with van der Waals surface area (Å²) in [4.78, 5) is 0. The number of anilines is 3. The Bertz CT molecular complexity index is 509. The number of nitrogen functional groups attached to an aromatic ring is 2. The molecule has 2 aromatic carbocycles. The van der Waals surface area contributed by atoms with Crippen LogP contribution in [0.2, 0.25) is 0 Å². The minimum absolute atomic E-state index is 0.113. The van der Waals surface area contributed by atoms with Gasteiger partial charge in [-0.05, 0) is 42.0 Å². The molecule has 0 heterocycles. The Kier molecular flexibility index (Phi) is 3.05. The van der Waals surface area contributed by atoms with Gasteiger partial charge in [0.25, 0.3) is 0 Å². The van der Waals surface area contributed by atoms with Crippen LogP contribution in [0.15, 0.2) is 42.5 Å². The van der Waals surface area contributed by atoms with Crippen LogP contribution in [0.1, 0.15) is 5.56 Å². The first-order valence-electron chi connectivity index (χ1n) is 5.32. The molecule has 6 N–H and O–H groups in total. The van der Waals surface area contributed by atoms with Crippen molar-refractivity contribution in [1.82, 2.24) is 0 Å². The van der Waals surface area contributed by atoms with E-state index in [4.69, 9.17) is 11.5 Å². The van der Waals surface area contributed by atoms with Gasteiger partial charge in [-0.1, -0.05) is 6.07 Å². The second-order valence-corrected chi connectivity index (χ2v) is 3.87. The highest BCUT2D eigenvalue weighted by Crippen LogP contribution is 2.21. The van der Waals surface area contributed by atoms with E-state index in [1.165, 1.54) is 0 Å². The Morgan fingerprint density at radius 2 is 1.71 bits per heavy atom. The van der Waals surface area contributed by atoms with Gasteiger partial charge in [-0.2, -0.15) is 0 Å². The number of hydrogen-bond donors (Lipinski definition) is 4. The molecule has 0 atom stereocenters. The van der Waals surface area contributed by atoms with Gasteiger partial charge in [-0.25, -0.2) is 0 Å². The van der Waals surface area contributed by atoms with Gasteiger partial charge in [-0.15, -0.1) is 0 Å². The first-order valence-corrected chi connectivity index (χ1v) is 5.32. The third-order valence-electron chi connectivity index (χ3n) is 2.50. The maximum absolute atomic E-state index is 9.46. The first-order chi connectivity index (χ1) is 8.15. The van der Waals surface area contributed by atoms with E-state index in [-0.39, 0.29) is 5.75 Å². The van der Waals surface area contributed by atoms with Crippen molar-refractivity contribution in [2.75, 3.05) is 16.8 Å². The molecule has 2 rings (SSSR count). The van der Waals surface area contributed by atoms with Gasteiger partial charge in [0.05, 0.1) is 5.69 Å². The molecule has 17 heavy (non-hydrogen) atoms. The van der Waals surface area contributed by atoms with Crippen LogP contribution >= 0.6 is 0 Å². The normalized spacial score (nSPS) is 10.1. The molecular formula is C13H15N3O. The van der Waals surface area contributed by atoms with E-state index >= 15 is 0 Å². The van der Waals surface area contributed by atoms with Gasteiger partial charge < -0.3 is 21.9 Å². The summed E-state index contributed by atoms with van der Waals surface area (Å²) in [5.41, 5.74) is 14.2. The summed E-state index contributed by atoms with van der Waals surface area (Å²) in [5.74, 6) is 0.113. The summed E-state index contributed by atoms with van der Waals surface area (Å²) >= 11 is 0. The maximum atomic E-state index is 9.46. The van der Waals surface area contributed by atoms with Gasteiger partial charge >= 0.3 is 0 Å². The minimum atomic E-state index is 0.113. The van der Waals surface area contributed by atoms with Crippen LogP contribution in [0.4, 0.5) is 17.1 Å². The summed E-state index contributed by atoms with van der Waals surface area (Å²) in [6.07, 6.45) is 0. The lowest BCUT2D eigenvalue weighted by Crippen LogP contribution is -1.99. The van der Waals surface area contributed by atoms with E-state index in [2.05, 4.69) is 5.32 Å². The lowest BCUT2D eigenvalue weighted by atomic mass is 10.2. The standard InChI is InChI=1S/C13H15N3O/c14-10-2-4-11(5-3-10)16-8-9-1-6-12(15)13(17)7-9/h1-7,16-17H,8,14-15H2. The number of hydrogen-bond acceptors (Lipinski definition) is 4. The molecule has 0 saturated carbocycles. The van der Waals surface area contributed by atoms with Crippen molar-refractivity contribution < 1.29 is 5.11 Å². The Balaban J connectivity index is 2.02. The highest BCUT2D eigenvalue weighted by molar-refractivity contribution is 5.54. The molecule has 0 bridgehead atoms. The van der Waals surface area contributed by atoms with Crippen LogP contribution in [-0.2, 0) is 6.54 Å². The van der Waals surface area contributed by atoms with Crippen molar-refractivity contribution in [2.24, 2.45) is 0 Å². The van der Waals surface area contributed by atoms with Crippen LogP contribution in [0.5, 0.6) is 5.75 Å². The molecule has 0 radical (unpaired) electrons. The predicted molar refractivity (Wildman–Crippen MR) is 70.7 cm³/mol. The Morgan fingerprint density at radius 3 is 2.35 bits per heavy atom. The SMILES string of the molecule is Nc1ccc(NCc2ccc(N)c(O)c2)cc1. The third-order valence-corrected chi connectivity index (χ3v) is 2.50. The molecule has 0 aliphatic heterocycles. The van der Waals surface area contributed by atoms with E-state index in [9.17, 15) is 5.11 Å². The summed E-state index contributed by atoms with van der Waals surface area (Å²) in [5, 5.41) is 12.7. The van der Waals surface area contributed by atoms with E-state index in [1.54, 1.807) is 12.1 Å². The van der Waals surface area contributed by atoms with Crippen molar-refractivity contribution >= 4 is 17.1 Å². The molecule has 0 amide bonds. The number of phenols is 1. The monoisotopic (exact) mass is 229 g/mol. The number of benzene rings is 2. The molecule has 0 aliphatic carbocycles. The summed E-state index contributed by atoms with van der Waals surface area (Å²) in [6.45, 7) is 0.623. The van der Waals surface area contributed by atoms with Crippen LogP contribution in [0.25, 0.3) is 0 Å². The Labute approximate surface area is 99.9 Å². The molecule has 2 aromatic rings. The van der Waals surface area contributed by atoms with Gasteiger partial charge in [-0.3, -0.25) is 0 Å². The summed E-state index contributed by atoms with van der Waals surface area (Å²) in [7, 11) is 0. The second-order valence-electron chi connectivity index (χ2n) is 3.87. The van der Waals surface area contributed by atoms with Crippen molar-refractivity contribution in [2.45, 2.75) is 6.54 Å². The summed E-state index contributed by atoms with van der Waals surface area (Å²) in [6, 6.07) is 12.7. The minimum Gasteiger partial charge on any atom is -0.506 e. The van der Waals surface area contributed by atoms with Gasteiger partial charge in [0.2, 0.25) is 0 Å². The number of phenolic OH excluding ortho intramolecular Hbond substituents is 1. The fraction of sp³-hybridized carbons (Fsp3) is 0.0769. The predicted octanol–water partition coefficient (Wildman–Crippen LogP) is 2.17. The Morgan fingerprint density at radius 1 is 1.00 bits per heavy atom. The maximum Gasteiger partial charge on any atom is 0.138 e. The van der Waals surface area contributed by atoms with E-state index in [0.29, 0.717) is 12.2 Å². The van der Waals surface area contributed by atoms with E-state index in [1.807, 2.05) is 30.3 Å². The highest BCUT2D eigenvalue weighted by atomic mass is 16.3. The number of aromatic hydroxyl groups is 1. The number of rotatable bonds is 3. The molecule has 0 unspecified atom stereocenters. The second kappa shape index (κ2) is 4.65. The molecule has 88 valence electrons. The Hall–Kier alpha value is -2.36. The highest BCUT2D eigenvalue weighted by Gasteiger charge is 1.99. The van der Waals surface area contributed by atoms with Crippen molar-refractivity contribution in [1.29, 1.82) is 0 Å². The van der Waals surface area contributed by atoms with Crippen molar-refractivity contribution in [3.8, 4) is 5.75 Å². The summed E-state index contributed by atoms with van der Waals surface area (Å²) < 4.78 is 0. The van der Waals surface area contributed by atoms with Crippen LogP contribution in [0, 0.1) is 0 Å². The first kappa shape index (κ1) is 11.1. The van der Waals surface area contributed by atoms with Crippen LogP contribution < -0.4 is 16.8 Å². The fourth-order valence-corrected chi connectivity index (χ4v) is 1.50. The topological polar surface area (TPSA) is 84.3 Å². The molecular weight excluding hydrogens is 214 g/mol. The average molecular weight is 229 g/mol. The smallest absolute Gasteiger partial charge is 0.138 e. The van der Waals surface area contributed by atoms with Crippen LogP contribution in [-0.4, -0.2) is 5.11 Å². The molecule has 4 nitrogen and oxygen atoms in total.